The Balaban J connectivity index is 2.29. The van der Waals surface area contributed by atoms with Gasteiger partial charge in [-0.2, -0.15) is 0 Å². The lowest BCUT2D eigenvalue weighted by atomic mass is 10.2. The largest absolute Gasteiger partial charge is 0.507 e. The standard InChI is InChI=1S/C13H9ClFNO/c14-10-5-6-12(11(15)7-10)16-8-9-3-1-2-4-13(9)17/h1-8,17H. The fraction of sp³-hybridized carbons (Fsp3) is 0. The Morgan fingerprint density at radius 1 is 1.18 bits per heavy atom. The summed E-state index contributed by atoms with van der Waals surface area (Å²) >= 11 is 5.63. The lowest BCUT2D eigenvalue weighted by Crippen LogP contribution is -1.82. The van der Waals surface area contributed by atoms with E-state index in [0.717, 1.165) is 0 Å². The van der Waals surface area contributed by atoms with Crippen LogP contribution in [0.5, 0.6) is 5.75 Å². The Morgan fingerprint density at radius 3 is 2.65 bits per heavy atom. The molecule has 0 spiro atoms. The van der Waals surface area contributed by atoms with Gasteiger partial charge in [0.2, 0.25) is 0 Å². The molecule has 0 aliphatic heterocycles. The predicted molar refractivity (Wildman–Crippen MR) is 66.8 cm³/mol. The zero-order valence-corrected chi connectivity index (χ0v) is 9.53. The number of phenolic OH excluding ortho intramolecular Hbond substituents is 1. The van der Waals surface area contributed by atoms with Gasteiger partial charge in [0.15, 0.2) is 0 Å². The van der Waals surface area contributed by atoms with Crippen molar-refractivity contribution < 1.29 is 9.50 Å². The number of aliphatic imine (C=N–C) groups is 1. The van der Waals surface area contributed by atoms with Gasteiger partial charge in [-0.1, -0.05) is 23.7 Å². The van der Waals surface area contributed by atoms with E-state index in [9.17, 15) is 9.50 Å². The molecule has 2 nitrogen and oxygen atoms in total. The molecule has 0 aliphatic rings. The van der Waals surface area contributed by atoms with Crippen LogP contribution in [0.1, 0.15) is 5.56 Å². The summed E-state index contributed by atoms with van der Waals surface area (Å²) in [4.78, 5) is 3.96. The first-order chi connectivity index (χ1) is 8.16. The van der Waals surface area contributed by atoms with E-state index in [1.165, 1.54) is 18.3 Å². The number of halogens is 2. The molecule has 0 amide bonds. The van der Waals surface area contributed by atoms with Crippen LogP contribution in [0.2, 0.25) is 5.02 Å². The van der Waals surface area contributed by atoms with Crippen LogP contribution < -0.4 is 0 Å². The van der Waals surface area contributed by atoms with Crippen molar-refractivity contribution in [3.8, 4) is 5.75 Å². The van der Waals surface area contributed by atoms with Crippen molar-refractivity contribution in [3.63, 3.8) is 0 Å². The molecule has 0 atom stereocenters. The molecule has 0 radical (unpaired) electrons. The van der Waals surface area contributed by atoms with Gasteiger partial charge in [-0.05, 0) is 30.3 Å². The van der Waals surface area contributed by atoms with Crippen LogP contribution in [0.3, 0.4) is 0 Å². The van der Waals surface area contributed by atoms with E-state index in [1.807, 2.05) is 0 Å². The third kappa shape index (κ3) is 2.82. The SMILES string of the molecule is Oc1ccccc1C=Nc1ccc(Cl)cc1F. The molecule has 0 heterocycles. The number of hydrogen-bond donors (Lipinski definition) is 1. The van der Waals surface area contributed by atoms with Gasteiger partial charge in [-0.25, -0.2) is 4.39 Å². The van der Waals surface area contributed by atoms with Gasteiger partial charge in [0.05, 0.1) is 5.69 Å². The minimum atomic E-state index is -0.496. The Hall–Kier alpha value is -1.87. The molecule has 0 aliphatic carbocycles. The number of para-hydroxylation sites is 1. The molecule has 0 fully saturated rings. The van der Waals surface area contributed by atoms with E-state index in [2.05, 4.69) is 4.99 Å². The summed E-state index contributed by atoms with van der Waals surface area (Å²) in [7, 11) is 0. The van der Waals surface area contributed by atoms with Gasteiger partial charge < -0.3 is 5.11 Å². The summed E-state index contributed by atoms with van der Waals surface area (Å²) in [6.07, 6.45) is 1.40. The monoisotopic (exact) mass is 249 g/mol. The van der Waals surface area contributed by atoms with Gasteiger partial charge in [0.1, 0.15) is 11.6 Å². The highest BCUT2D eigenvalue weighted by Gasteiger charge is 2.01. The first-order valence-corrected chi connectivity index (χ1v) is 5.32. The lowest BCUT2D eigenvalue weighted by Gasteiger charge is -1.99. The van der Waals surface area contributed by atoms with E-state index in [1.54, 1.807) is 30.3 Å². The van der Waals surface area contributed by atoms with Crippen molar-refractivity contribution >= 4 is 23.5 Å². The van der Waals surface area contributed by atoms with Crippen molar-refractivity contribution in [1.82, 2.24) is 0 Å². The molecule has 4 heteroatoms. The molecular weight excluding hydrogens is 241 g/mol. The van der Waals surface area contributed by atoms with Crippen molar-refractivity contribution in [3.05, 3.63) is 58.9 Å². The molecule has 17 heavy (non-hydrogen) atoms. The summed E-state index contributed by atoms with van der Waals surface area (Å²) < 4.78 is 13.4. The zero-order valence-electron chi connectivity index (χ0n) is 8.77. The molecule has 0 saturated carbocycles. The number of rotatable bonds is 2. The number of benzene rings is 2. The van der Waals surface area contributed by atoms with E-state index in [0.29, 0.717) is 10.6 Å². The quantitative estimate of drug-likeness (QED) is 0.804. The Bertz CT molecular complexity index is 569. The number of nitrogens with zero attached hydrogens (tertiary/aromatic N) is 1. The summed E-state index contributed by atoms with van der Waals surface area (Å²) in [6, 6.07) is 10.9. The summed E-state index contributed by atoms with van der Waals surface area (Å²) in [5, 5.41) is 9.82. The van der Waals surface area contributed by atoms with Crippen LogP contribution in [0.4, 0.5) is 10.1 Å². The molecule has 0 saturated heterocycles. The van der Waals surface area contributed by atoms with E-state index < -0.39 is 5.82 Å². The van der Waals surface area contributed by atoms with Crippen LogP contribution in [-0.4, -0.2) is 11.3 Å². The van der Waals surface area contributed by atoms with Crippen LogP contribution in [0.15, 0.2) is 47.5 Å². The topological polar surface area (TPSA) is 32.6 Å². The second-order valence-corrected chi connectivity index (χ2v) is 3.85. The molecule has 1 N–H and O–H groups in total. The molecule has 2 aromatic carbocycles. The lowest BCUT2D eigenvalue weighted by molar-refractivity contribution is 0.474. The van der Waals surface area contributed by atoms with Crippen LogP contribution in [-0.2, 0) is 0 Å². The van der Waals surface area contributed by atoms with Gasteiger partial charge in [-0.15, -0.1) is 0 Å². The van der Waals surface area contributed by atoms with E-state index >= 15 is 0 Å². The maximum Gasteiger partial charge on any atom is 0.150 e. The van der Waals surface area contributed by atoms with Crippen molar-refractivity contribution in [2.45, 2.75) is 0 Å². The summed E-state index contributed by atoms with van der Waals surface area (Å²) in [6.45, 7) is 0. The average Bonchev–Trinajstić information content (AvgIpc) is 2.30. The first kappa shape index (κ1) is 11.6. The van der Waals surface area contributed by atoms with Gasteiger partial charge in [-0.3, -0.25) is 4.99 Å². The predicted octanol–water partition coefficient (Wildman–Crippen LogP) is 3.94. The summed E-state index contributed by atoms with van der Waals surface area (Å²) in [5.74, 6) is -0.394. The van der Waals surface area contributed by atoms with Crippen LogP contribution in [0, 0.1) is 5.82 Å². The number of phenols is 1. The Labute approximate surface area is 103 Å². The van der Waals surface area contributed by atoms with Gasteiger partial charge in [0.25, 0.3) is 0 Å². The third-order valence-corrected chi connectivity index (χ3v) is 2.42. The molecular formula is C13H9ClFNO. The molecule has 2 aromatic rings. The maximum absolute atomic E-state index is 13.4. The Kier molecular flexibility index (Phi) is 3.40. The smallest absolute Gasteiger partial charge is 0.150 e. The molecule has 86 valence electrons. The summed E-state index contributed by atoms with van der Waals surface area (Å²) in [5.41, 5.74) is 0.708. The number of aromatic hydroxyl groups is 1. The van der Waals surface area contributed by atoms with Crippen molar-refractivity contribution in [2.75, 3.05) is 0 Å². The highest BCUT2D eigenvalue weighted by Crippen LogP contribution is 2.22. The molecule has 2 rings (SSSR count). The minimum absolute atomic E-state index is 0.102. The average molecular weight is 250 g/mol. The minimum Gasteiger partial charge on any atom is -0.507 e. The van der Waals surface area contributed by atoms with Gasteiger partial charge in [0, 0.05) is 16.8 Å². The fourth-order valence-electron chi connectivity index (χ4n) is 1.32. The fourth-order valence-corrected chi connectivity index (χ4v) is 1.48. The van der Waals surface area contributed by atoms with Crippen molar-refractivity contribution in [1.29, 1.82) is 0 Å². The third-order valence-electron chi connectivity index (χ3n) is 2.19. The zero-order chi connectivity index (χ0) is 12.3. The molecule has 0 bridgehead atoms. The highest BCUT2D eigenvalue weighted by molar-refractivity contribution is 6.30. The van der Waals surface area contributed by atoms with Gasteiger partial charge >= 0.3 is 0 Å². The van der Waals surface area contributed by atoms with E-state index in [4.69, 9.17) is 11.6 Å². The van der Waals surface area contributed by atoms with E-state index in [-0.39, 0.29) is 11.4 Å². The highest BCUT2D eigenvalue weighted by atomic mass is 35.5. The molecule has 0 aromatic heterocycles. The van der Waals surface area contributed by atoms with Crippen LogP contribution in [0.25, 0.3) is 0 Å². The Morgan fingerprint density at radius 2 is 1.94 bits per heavy atom. The van der Waals surface area contributed by atoms with Crippen molar-refractivity contribution in [2.24, 2.45) is 4.99 Å². The first-order valence-electron chi connectivity index (χ1n) is 4.94. The molecule has 0 unspecified atom stereocenters. The second-order valence-electron chi connectivity index (χ2n) is 3.41. The normalized spacial score (nSPS) is 10.9. The maximum atomic E-state index is 13.4. The second kappa shape index (κ2) is 4.97. The number of hydrogen-bond acceptors (Lipinski definition) is 2. The van der Waals surface area contributed by atoms with Crippen LogP contribution >= 0.6 is 11.6 Å².